The number of nitrogens with zero attached hydrogens (tertiary/aromatic N) is 1. The van der Waals surface area contributed by atoms with Crippen molar-refractivity contribution in [3.8, 4) is 0 Å². The van der Waals surface area contributed by atoms with Crippen LogP contribution in [0.15, 0.2) is 0 Å². The number of rotatable bonds is 44. The van der Waals surface area contributed by atoms with Gasteiger partial charge in [0.1, 0.15) is 5.25 Å². The molecule has 0 aliphatic heterocycles. The monoisotopic (exact) mass is 834 g/mol. The lowest BCUT2D eigenvalue weighted by Gasteiger charge is -2.23. The van der Waals surface area contributed by atoms with E-state index in [0.717, 1.165) is 103 Å². The summed E-state index contributed by atoms with van der Waals surface area (Å²) in [5.74, 6) is 1.68. The number of hydrogen-bond acceptors (Lipinski definition) is 8. The topological polar surface area (TPSA) is 68.2 Å². The molecule has 1 N–H and O–H groups in total. The third kappa shape index (κ3) is 43.6. The summed E-state index contributed by atoms with van der Waals surface area (Å²) in [5.41, 5.74) is 0. The van der Waals surface area contributed by atoms with Gasteiger partial charge < -0.3 is 24.2 Å². The number of aliphatic hydroxyl groups excluding tert-OH is 1. The van der Waals surface area contributed by atoms with E-state index in [2.05, 4.69) is 39.5 Å². The molecule has 0 aliphatic carbocycles. The standard InChI is InChI=1S/C46H93NO5S.C2H6S/c1-6-10-13-15-17-18-22-31-41-53-44(33-12-8-3)46(49)51-40-30-21-19-25-35-47(37-27-28-38-48)36-26-23-24-34-45(52-42-43(5)32-9-4)50-39-29-20-16-14-11-7-2;1-3-2/h43-45,48H,6-42H2,1-5H3;1-2H3. The second kappa shape index (κ2) is 49.4. The van der Waals surface area contributed by atoms with Crippen LogP contribution in [0.5, 0.6) is 0 Å². The third-order valence-corrected chi connectivity index (χ3v) is 11.8. The van der Waals surface area contributed by atoms with E-state index in [1.54, 1.807) is 11.8 Å². The van der Waals surface area contributed by atoms with Gasteiger partial charge in [0.15, 0.2) is 6.29 Å². The van der Waals surface area contributed by atoms with Crippen LogP contribution in [0.4, 0.5) is 0 Å². The van der Waals surface area contributed by atoms with Crippen LogP contribution in [0.3, 0.4) is 0 Å². The number of thioether (sulfide) groups is 2. The van der Waals surface area contributed by atoms with Gasteiger partial charge in [0.2, 0.25) is 0 Å². The molecule has 0 amide bonds. The Hall–Kier alpha value is 0.01000. The van der Waals surface area contributed by atoms with E-state index in [1.165, 1.54) is 122 Å². The maximum Gasteiger partial charge on any atom is 0.319 e. The van der Waals surface area contributed by atoms with Crippen LogP contribution in [-0.2, 0) is 19.0 Å². The lowest BCUT2D eigenvalue weighted by atomic mass is 10.1. The largest absolute Gasteiger partial charge is 0.465 e. The van der Waals surface area contributed by atoms with E-state index in [9.17, 15) is 9.90 Å². The number of carbonyl (C=O) groups excluding carboxylic acids is 1. The van der Waals surface area contributed by atoms with Gasteiger partial charge in [-0.15, -0.1) is 11.8 Å². The van der Waals surface area contributed by atoms with Gasteiger partial charge in [0.05, 0.1) is 13.2 Å². The first-order valence-corrected chi connectivity index (χ1v) is 26.9. The summed E-state index contributed by atoms with van der Waals surface area (Å²) in [5, 5.41) is 9.36. The molecule has 6 nitrogen and oxygen atoms in total. The Bertz CT molecular complexity index is 748. The van der Waals surface area contributed by atoms with Crippen LogP contribution in [0, 0.1) is 5.92 Å². The maximum atomic E-state index is 12.9. The van der Waals surface area contributed by atoms with Crippen molar-refractivity contribution in [1.29, 1.82) is 0 Å². The highest BCUT2D eigenvalue weighted by molar-refractivity contribution is 8.00. The highest BCUT2D eigenvalue weighted by atomic mass is 32.2. The summed E-state index contributed by atoms with van der Waals surface area (Å²) in [7, 11) is 0. The molecule has 0 saturated carbocycles. The minimum absolute atomic E-state index is 0.0116. The summed E-state index contributed by atoms with van der Waals surface area (Å²) in [6.45, 7) is 17.0. The Balaban J connectivity index is 0. The molecule has 0 aromatic heterocycles. The first-order valence-electron chi connectivity index (χ1n) is 24.2. The summed E-state index contributed by atoms with van der Waals surface area (Å²) in [4.78, 5) is 15.5. The fourth-order valence-corrected chi connectivity index (χ4v) is 8.14. The fourth-order valence-electron chi connectivity index (χ4n) is 6.94. The molecule has 0 aromatic rings. The second-order valence-corrected chi connectivity index (χ2v) is 18.5. The van der Waals surface area contributed by atoms with Crippen molar-refractivity contribution in [2.75, 3.05) is 64.3 Å². The van der Waals surface area contributed by atoms with Crippen molar-refractivity contribution in [2.45, 2.75) is 232 Å². The van der Waals surface area contributed by atoms with E-state index in [4.69, 9.17) is 14.2 Å². The number of aliphatic hydroxyl groups is 1. The minimum Gasteiger partial charge on any atom is -0.465 e. The molecule has 0 saturated heterocycles. The normalized spacial score (nSPS) is 13.1. The average molecular weight is 834 g/mol. The Morgan fingerprint density at radius 3 is 1.62 bits per heavy atom. The van der Waals surface area contributed by atoms with E-state index < -0.39 is 0 Å². The molecular formula is C48H99NO5S2. The SMILES string of the molecule is CCCCCCCCCCSC(CCCC)C(=O)OCCCCCCN(CCCCO)CCCCCC(OCCCCCCCC)OCC(C)CCC.CSC. The van der Waals surface area contributed by atoms with Gasteiger partial charge >= 0.3 is 5.97 Å². The molecule has 0 spiro atoms. The van der Waals surface area contributed by atoms with Crippen molar-refractivity contribution in [1.82, 2.24) is 4.90 Å². The highest BCUT2D eigenvalue weighted by Gasteiger charge is 2.20. The second-order valence-electron chi connectivity index (χ2n) is 16.4. The van der Waals surface area contributed by atoms with Gasteiger partial charge in [-0.05, 0) is 114 Å². The lowest BCUT2D eigenvalue weighted by molar-refractivity contribution is -0.154. The fraction of sp³-hybridized carbons (Fsp3) is 0.979. The van der Waals surface area contributed by atoms with Gasteiger partial charge in [0.25, 0.3) is 0 Å². The number of hydrogen-bond donors (Lipinski definition) is 1. The van der Waals surface area contributed by atoms with E-state index in [0.29, 0.717) is 12.5 Å². The predicted octanol–water partition coefficient (Wildman–Crippen LogP) is 14.3. The zero-order chi connectivity index (χ0) is 41.6. The summed E-state index contributed by atoms with van der Waals surface area (Å²) < 4.78 is 18.3. The Morgan fingerprint density at radius 1 is 0.554 bits per heavy atom. The average Bonchev–Trinajstić information content (AvgIpc) is 3.19. The molecule has 0 bridgehead atoms. The summed E-state index contributed by atoms with van der Waals surface area (Å²) >= 11 is 3.59. The molecule has 0 heterocycles. The van der Waals surface area contributed by atoms with Crippen molar-refractivity contribution in [3.05, 3.63) is 0 Å². The molecule has 0 aliphatic rings. The third-order valence-electron chi connectivity index (χ3n) is 10.5. The van der Waals surface area contributed by atoms with Gasteiger partial charge in [-0.3, -0.25) is 4.79 Å². The van der Waals surface area contributed by atoms with Crippen molar-refractivity contribution in [2.24, 2.45) is 5.92 Å². The number of ether oxygens (including phenoxy) is 3. The molecule has 0 aromatic carbocycles. The molecule has 0 fully saturated rings. The Morgan fingerprint density at radius 2 is 1.05 bits per heavy atom. The summed E-state index contributed by atoms with van der Waals surface area (Å²) in [6.07, 6.45) is 38.8. The van der Waals surface area contributed by atoms with E-state index >= 15 is 0 Å². The van der Waals surface area contributed by atoms with E-state index in [1.807, 2.05) is 24.3 Å². The molecule has 0 radical (unpaired) electrons. The van der Waals surface area contributed by atoms with Gasteiger partial charge in [0, 0.05) is 13.2 Å². The van der Waals surface area contributed by atoms with Crippen LogP contribution >= 0.6 is 23.5 Å². The maximum absolute atomic E-state index is 12.9. The predicted molar refractivity (Wildman–Crippen MR) is 252 cm³/mol. The van der Waals surface area contributed by atoms with Crippen LogP contribution in [0.25, 0.3) is 0 Å². The highest BCUT2D eigenvalue weighted by Crippen LogP contribution is 2.22. The molecule has 56 heavy (non-hydrogen) atoms. The van der Waals surface area contributed by atoms with Gasteiger partial charge in [-0.1, -0.05) is 150 Å². The molecule has 3 atom stereocenters. The summed E-state index contributed by atoms with van der Waals surface area (Å²) in [6, 6.07) is 0. The Kier molecular flexibility index (Phi) is 51.2. The van der Waals surface area contributed by atoms with E-state index in [-0.39, 0.29) is 24.1 Å². The first-order chi connectivity index (χ1) is 27.4. The van der Waals surface area contributed by atoms with Gasteiger partial charge in [-0.2, -0.15) is 11.8 Å². The zero-order valence-corrected chi connectivity index (χ0v) is 40.4. The zero-order valence-electron chi connectivity index (χ0n) is 38.7. The van der Waals surface area contributed by atoms with Crippen molar-refractivity contribution < 1.29 is 24.1 Å². The quantitative estimate of drug-likeness (QED) is 0.0370. The lowest BCUT2D eigenvalue weighted by Crippen LogP contribution is -2.27. The number of carbonyl (C=O) groups is 1. The van der Waals surface area contributed by atoms with Crippen LogP contribution in [-0.4, -0.2) is 91.8 Å². The van der Waals surface area contributed by atoms with Crippen LogP contribution in [0.2, 0.25) is 0 Å². The van der Waals surface area contributed by atoms with Crippen molar-refractivity contribution in [3.63, 3.8) is 0 Å². The Labute approximate surface area is 359 Å². The number of unbranched alkanes of at least 4 members (excludes halogenated alkanes) is 19. The molecule has 338 valence electrons. The number of esters is 1. The minimum atomic E-state index is -0.0643. The molecular weight excluding hydrogens is 735 g/mol. The van der Waals surface area contributed by atoms with Crippen molar-refractivity contribution >= 4 is 29.5 Å². The molecule has 8 heteroatoms. The smallest absolute Gasteiger partial charge is 0.319 e. The molecule has 0 rings (SSSR count). The molecule has 3 unspecified atom stereocenters. The van der Waals surface area contributed by atoms with Crippen LogP contribution < -0.4 is 0 Å². The van der Waals surface area contributed by atoms with Crippen LogP contribution in [0.1, 0.15) is 221 Å². The first kappa shape index (κ1) is 58.1. The van der Waals surface area contributed by atoms with Gasteiger partial charge in [-0.25, -0.2) is 0 Å².